The lowest BCUT2D eigenvalue weighted by atomic mass is 9.66. The van der Waals surface area contributed by atoms with Gasteiger partial charge in [-0.15, -0.1) is 0 Å². The van der Waals surface area contributed by atoms with E-state index in [1.165, 1.54) is 11.1 Å². The molecule has 0 spiro atoms. The maximum atomic E-state index is 13.2. The second kappa shape index (κ2) is 7.32. The van der Waals surface area contributed by atoms with Gasteiger partial charge in [-0.25, -0.2) is 0 Å². The Labute approximate surface area is 167 Å². The fourth-order valence-electron chi connectivity index (χ4n) is 5.01. The molecule has 2 saturated heterocycles. The zero-order chi connectivity index (χ0) is 19.8. The molecular formula is C24H30N2O2. The molecule has 2 fully saturated rings. The van der Waals surface area contributed by atoms with E-state index < -0.39 is 0 Å². The molecule has 4 heteroatoms. The van der Waals surface area contributed by atoms with Gasteiger partial charge in [-0.2, -0.15) is 0 Å². The summed E-state index contributed by atoms with van der Waals surface area (Å²) in [5.41, 5.74) is 3.30. The molecule has 0 N–H and O–H groups in total. The van der Waals surface area contributed by atoms with Gasteiger partial charge < -0.3 is 9.64 Å². The summed E-state index contributed by atoms with van der Waals surface area (Å²) in [6, 6.07) is 14.5. The van der Waals surface area contributed by atoms with Gasteiger partial charge in [-0.3, -0.25) is 9.78 Å². The van der Waals surface area contributed by atoms with Gasteiger partial charge in [0.15, 0.2) is 0 Å². The summed E-state index contributed by atoms with van der Waals surface area (Å²) in [5.74, 6) is 0.624. The summed E-state index contributed by atoms with van der Waals surface area (Å²) < 4.78 is 6.01. The summed E-state index contributed by atoms with van der Waals surface area (Å²) in [7, 11) is 0. The Morgan fingerprint density at radius 2 is 1.93 bits per heavy atom. The predicted molar refractivity (Wildman–Crippen MR) is 110 cm³/mol. The van der Waals surface area contributed by atoms with Crippen molar-refractivity contribution in [2.24, 2.45) is 0 Å². The Bertz CT molecular complexity index is 843. The average molecular weight is 379 g/mol. The van der Waals surface area contributed by atoms with Crippen LogP contribution in [-0.2, 0) is 14.9 Å². The highest BCUT2D eigenvalue weighted by atomic mass is 16.5. The van der Waals surface area contributed by atoms with E-state index in [0.29, 0.717) is 18.9 Å². The van der Waals surface area contributed by atoms with E-state index in [9.17, 15) is 4.79 Å². The average Bonchev–Trinajstić information content (AvgIpc) is 2.60. The van der Waals surface area contributed by atoms with Gasteiger partial charge in [0.2, 0.25) is 5.91 Å². The van der Waals surface area contributed by atoms with Crippen molar-refractivity contribution in [1.82, 2.24) is 9.88 Å². The minimum absolute atomic E-state index is 0.153. The Morgan fingerprint density at radius 1 is 1.18 bits per heavy atom. The third-order valence-electron chi connectivity index (χ3n) is 6.38. The Balaban J connectivity index is 1.52. The van der Waals surface area contributed by atoms with E-state index >= 15 is 0 Å². The fourth-order valence-corrected chi connectivity index (χ4v) is 5.01. The molecule has 4 rings (SSSR count). The topological polar surface area (TPSA) is 42.4 Å². The minimum atomic E-state index is -0.216. The first-order chi connectivity index (χ1) is 13.4. The van der Waals surface area contributed by atoms with Gasteiger partial charge in [-0.05, 0) is 56.9 Å². The van der Waals surface area contributed by atoms with Gasteiger partial charge >= 0.3 is 0 Å². The highest BCUT2D eigenvalue weighted by Gasteiger charge is 2.46. The number of likely N-dealkylation sites (tertiary alicyclic amines) is 1. The molecule has 4 nitrogen and oxygen atoms in total. The molecule has 2 aliphatic heterocycles. The van der Waals surface area contributed by atoms with Gasteiger partial charge in [0, 0.05) is 49.3 Å². The van der Waals surface area contributed by atoms with Crippen LogP contribution >= 0.6 is 0 Å². The highest BCUT2D eigenvalue weighted by Crippen LogP contribution is 2.46. The number of aryl methyl sites for hydroxylation is 1. The van der Waals surface area contributed by atoms with Crippen LogP contribution in [0.4, 0.5) is 0 Å². The van der Waals surface area contributed by atoms with Gasteiger partial charge in [0.05, 0.1) is 5.60 Å². The van der Waals surface area contributed by atoms with Gasteiger partial charge in [-0.1, -0.05) is 30.3 Å². The number of rotatable bonds is 4. The number of benzene rings is 1. The number of hydrogen-bond donors (Lipinski definition) is 0. The first-order valence-corrected chi connectivity index (χ1v) is 10.3. The molecule has 0 saturated carbocycles. The van der Waals surface area contributed by atoms with E-state index in [0.717, 1.165) is 31.6 Å². The van der Waals surface area contributed by atoms with Crippen LogP contribution in [0.5, 0.6) is 0 Å². The highest BCUT2D eigenvalue weighted by molar-refractivity contribution is 5.79. The van der Waals surface area contributed by atoms with Crippen LogP contribution in [0.15, 0.2) is 48.7 Å². The quantitative estimate of drug-likeness (QED) is 0.799. The van der Waals surface area contributed by atoms with Crippen molar-refractivity contribution < 1.29 is 9.53 Å². The van der Waals surface area contributed by atoms with Crippen LogP contribution in [0.3, 0.4) is 0 Å². The second-order valence-electron chi connectivity index (χ2n) is 9.06. The predicted octanol–water partition coefficient (Wildman–Crippen LogP) is 4.23. The first kappa shape index (κ1) is 19.1. The van der Waals surface area contributed by atoms with Crippen molar-refractivity contribution in [3.63, 3.8) is 0 Å². The second-order valence-corrected chi connectivity index (χ2v) is 9.06. The van der Waals surface area contributed by atoms with E-state index in [2.05, 4.69) is 56.1 Å². The summed E-state index contributed by atoms with van der Waals surface area (Å²) in [6.07, 6.45) is 4.15. The van der Waals surface area contributed by atoms with E-state index in [4.69, 9.17) is 4.74 Å². The summed E-state index contributed by atoms with van der Waals surface area (Å²) >= 11 is 0. The summed E-state index contributed by atoms with van der Waals surface area (Å²) in [4.78, 5) is 19.7. The molecule has 2 aromatic rings. The lowest BCUT2D eigenvalue weighted by Crippen LogP contribution is -2.52. The van der Waals surface area contributed by atoms with Gasteiger partial charge in [0.1, 0.15) is 0 Å². The smallest absolute Gasteiger partial charge is 0.223 e. The zero-order valence-electron chi connectivity index (χ0n) is 17.1. The summed E-state index contributed by atoms with van der Waals surface area (Å²) in [6.45, 7) is 8.70. The molecule has 1 aromatic carbocycles. The molecular weight excluding hydrogens is 348 g/mol. The Hall–Kier alpha value is -2.20. The van der Waals surface area contributed by atoms with Crippen LogP contribution in [0.2, 0.25) is 0 Å². The lowest BCUT2D eigenvalue weighted by Gasteiger charge is -2.47. The normalized spacial score (nSPS) is 24.6. The fraction of sp³-hybridized carbons (Fsp3) is 0.500. The molecule has 1 amide bonds. The standard InChI is InChI=1S/C24H30N2O2/c1-18-8-4-5-9-20(18)24(11-13-28-23(2,3)17-24)14-22(27)26-15-19(16-26)21-10-6-7-12-25-21/h4-10,12,19H,11,13-17H2,1-3H3. The minimum Gasteiger partial charge on any atom is -0.376 e. The van der Waals surface area contributed by atoms with Crippen LogP contribution in [0.25, 0.3) is 0 Å². The van der Waals surface area contributed by atoms with Gasteiger partial charge in [0.25, 0.3) is 0 Å². The third kappa shape index (κ3) is 3.70. The number of pyridine rings is 1. The van der Waals surface area contributed by atoms with Crippen molar-refractivity contribution in [2.75, 3.05) is 19.7 Å². The molecule has 1 aromatic heterocycles. The molecule has 1 unspecified atom stereocenters. The van der Waals surface area contributed by atoms with Crippen molar-refractivity contribution >= 4 is 5.91 Å². The number of carbonyl (C=O) groups excluding carboxylic acids is 1. The molecule has 0 bridgehead atoms. The number of ether oxygens (including phenoxy) is 1. The number of nitrogens with zero attached hydrogens (tertiary/aromatic N) is 2. The van der Waals surface area contributed by atoms with E-state index in [1.54, 1.807) is 0 Å². The molecule has 148 valence electrons. The molecule has 2 aliphatic rings. The van der Waals surface area contributed by atoms with Crippen LogP contribution < -0.4 is 0 Å². The number of amides is 1. The molecule has 28 heavy (non-hydrogen) atoms. The maximum absolute atomic E-state index is 13.2. The summed E-state index contributed by atoms with van der Waals surface area (Å²) in [5, 5.41) is 0. The van der Waals surface area contributed by atoms with Crippen molar-refractivity contribution in [3.8, 4) is 0 Å². The number of carbonyl (C=O) groups is 1. The van der Waals surface area contributed by atoms with Crippen LogP contribution in [0.1, 0.15) is 55.8 Å². The monoisotopic (exact) mass is 378 g/mol. The molecule has 0 radical (unpaired) electrons. The molecule has 3 heterocycles. The zero-order valence-corrected chi connectivity index (χ0v) is 17.1. The van der Waals surface area contributed by atoms with Crippen molar-refractivity contribution in [1.29, 1.82) is 0 Å². The molecule has 0 aliphatic carbocycles. The maximum Gasteiger partial charge on any atom is 0.223 e. The number of hydrogen-bond acceptors (Lipinski definition) is 3. The van der Waals surface area contributed by atoms with Crippen molar-refractivity contribution in [2.45, 2.75) is 57.0 Å². The lowest BCUT2D eigenvalue weighted by molar-refractivity contribution is -0.140. The third-order valence-corrected chi connectivity index (χ3v) is 6.38. The van der Waals surface area contributed by atoms with Crippen LogP contribution in [-0.4, -0.2) is 41.1 Å². The SMILES string of the molecule is Cc1ccccc1C1(CC(=O)N2CC(c3ccccn3)C2)CCOC(C)(C)C1. The van der Waals surface area contributed by atoms with Crippen molar-refractivity contribution in [3.05, 3.63) is 65.5 Å². The van der Waals surface area contributed by atoms with E-state index in [-0.39, 0.29) is 16.9 Å². The van der Waals surface area contributed by atoms with E-state index in [1.807, 2.05) is 23.2 Å². The molecule has 1 atom stereocenters. The Kier molecular flexibility index (Phi) is 5.00. The Morgan fingerprint density at radius 3 is 2.61 bits per heavy atom. The number of aromatic nitrogens is 1. The first-order valence-electron chi connectivity index (χ1n) is 10.3. The largest absolute Gasteiger partial charge is 0.376 e. The van der Waals surface area contributed by atoms with Crippen LogP contribution in [0, 0.1) is 6.92 Å².